The fourth-order valence-corrected chi connectivity index (χ4v) is 2.51. The van der Waals surface area contributed by atoms with Crippen LogP contribution in [0.5, 0.6) is 5.75 Å². The third-order valence-corrected chi connectivity index (χ3v) is 3.74. The maximum atomic E-state index is 12.4. The molecule has 1 amide bonds. The Morgan fingerprint density at radius 3 is 2.45 bits per heavy atom. The minimum atomic E-state index is -0.198. The van der Waals surface area contributed by atoms with Crippen molar-refractivity contribution in [2.24, 2.45) is 0 Å². The molecule has 1 heterocycles. The number of carbonyl (C=O) groups excluding carboxylic acids is 2. The highest BCUT2D eigenvalue weighted by molar-refractivity contribution is 6.35. The van der Waals surface area contributed by atoms with Gasteiger partial charge in [0.25, 0.3) is 5.91 Å². The van der Waals surface area contributed by atoms with E-state index in [1.165, 1.54) is 6.08 Å². The standard InChI is InChI=1S/C18H15NO3/c1-19-16-6-4-3-5-14(16)15(18(19)21)11-17(20)12-7-9-13(22-2)10-8-12/h3-11H,1-2H3. The van der Waals surface area contributed by atoms with E-state index in [2.05, 4.69) is 0 Å². The minimum Gasteiger partial charge on any atom is -0.497 e. The van der Waals surface area contributed by atoms with Gasteiger partial charge in [0.1, 0.15) is 5.75 Å². The summed E-state index contributed by atoms with van der Waals surface area (Å²) in [6.07, 6.45) is 1.41. The summed E-state index contributed by atoms with van der Waals surface area (Å²) in [7, 11) is 3.28. The zero-order valence-corrected chi connectivity index (χ0v) is 12.4. The molecule has 0 saturated carbocycles. The van der Waals surface area contributed by atoms with Crippen LogP contribution in [-0.4, -0.2) is 25.8 Å². The van der Waals surface area contributed by atoms with Gasteiger partial charge in [-0.25, -0.2) is 0 Å². The lowest BCUT2D eigenvalue weighted by atomic mass is 10.0. The fourth-order valence-electron chi connectivity index (χ4n) is 2.51. The van der Waals surface area contributed by atoms with Crippen LogP contribution in [0, 0.1) is 0 Å². The van der Waals surface area contributed by atoms with E-state index in [0.717, 1.165) is 11.3 Å². The van der Waals surface area contributed by atoms with E-state index >= 15 is 0 Å². The summed E-state index contributed by atoms with van der Waals surface area (Å²) in [6, 6.07) is 14.3. The van der Waals surface area contributed by atoms with Gasteiger partial charge in [-0.3, -0.25) is 9.59 Å². The molecule has 110 valence electrons. The zero-order chi connectivity index (χ0) is 15.7. The predicted molar refractivity (Wildman–Crippen MR) is 85.2 cm³/mol. The van der Waals surface area contributed by atoms with Crippen LogP contribution in [0.1, 0.15) is 15.9 Å². The van der Waals surface area contributed by atoms with Gasteiger partial charge in [-0.15, -0.1) is 0 Å². The Morgan fingerprint density at radius 2 is 1.77 bits per heavy atom. The smallest absolute Gasteiger partial charge is 0.258 e. The Labute approximate surface area is 128 Å². The molecule has 0 atom stereocenters. The van der Waals surface area contributed by atoms with Crippen molar-refractivity contribution in [3.05, 3.63) is 65.7 Å². The Kier molecular flexibility index (Phi) is 3.51. The second kappa shape index (κ2) is 5.48. The topological polar surface area (TPSA) is 46.6 Å². The van der Waals surface area contributed by atoms with E-state index in [1.807, 2.05) is 24.3 Å². The molecule has 0 saturated heterocycles. The molecular weight excluding hydrogens is 278 g/mol. The molecule has 4 heteroatoms. The van der Waals surface area contributed by atoms with E-state index in [1.54, 1.807) is 43.3 Å². The lowest BCUT2D eigenvalue weighted by Gasteiger charge is -2.07. The van der Waals surface area contributed by atoms with Gasteiger partial charge in [-0.1, -0.05) is 18.2 Å². The third kappa shape index (κ3) is 2.29. The summed E-state index contributed by atoms with van der Waals surface area (Å²) < 4.78 is 5.07. The van der Waals surface area contributed by atoms with Crippen LogP contribution in [0.2, 0.25) is 0 Å². The summed E-state index contributed by atoms with van der Waals surface area (Å²) in [5.41, 5.74) is 2.56. The van der Waals surface area contributed by atoms with Crippen molar-refractivity contribution in [2.75, 3.05) is 19.1 Å². The number of hydrogen-bond donors (Lipinski definition) is 0. The summed E-state index contributed by atoms with van der Waals surface area (Å²) in [5, 5.41) is 0. The summed E-state index contributed by atoms with van der Waals surface area (Å²) in [6.45, 7) is 0. The van der Waals surface area contributed by atoms with Crippen LogP contribution < -0.4 is 9.64 Å². The molecular formula is C18H15NO3. The zero-order valence-electron chi connectivity index (χ0n) is 12.4. The SMILES string of the molecule is COc1ccc(C(=O)C=C2C(=O)N(C)c3ccccc32)cc1. The number of methoxy groups -OCH3 is 1. The highest BCUT2D eigenvalue weighted by Gasteiger charge is 2.29. The summed E-state index contributed by atoms with van der Waals surface area (Å²) in [5.74, 6) is 0.324. The van der Waals surface area contributed by atoms with Gasteiger partial charge < -0.3 is 9.64 Å². The maximum absolute atomic E-state index is 12.4. The highest BCUT2D eigenvalue weighted by atomic mass is 16.5. The first-order valence-corrected chi connectivity index (χ1v) is 6.89. The largest absolute Gasteiger partial charge is 0.497 e. The normalized spacial score (nSPS) is 15.1. The van der Waals surface area contributed by atoms with Crippen LogP contribution in [0.4, 0.5) is 5.69 Å². The van der Waals surface area contributed by atoms with Gasteiger partial charge in [0, 0.05) is 18.2 Å². The molecule has 0 unspecified atom stereocenters. The molecule has 1 aliphatic heterocycles. The second-order valence-corrected chi connectivity index (χ2v) is 5.03. The van der Waals surface area contributed by atoms with Crippen molar-refractivity contribution < 1.29 is 14.3 Å². The number of hydrogen-bond acceptors (Lipinski definition) is 3. The molecule has 0 N–H and O–H groups in total. The first-order valence-electron chi connectivity index (χ1n) is 6.89. The van der Waals surface area contributed by atoms with Crippen LogP contribution in [0.15, 0.2) is 54.6 Å². The third-order valence-electron chi connectivity index (χ3n) is 3.74. The molecule has 22 heavy (non-hydrogen) atoms. The number of benzene rings is 2. The van der Waals surface area contributed by atoms with Crippen molar-refractivity contribution in [3.63, 3.8) is 0 Å². The van der Waals surface area contributed by atoms with E-state index in [0.29, 0.717) is 16.9 Å². The van der Waals surface area contributed by atoms with E-state index in [4.69, 9.17) is 4.74 Å². The molecule has 4 nitrogen and oxygen atoms in total. The first-order chi connectivity index (χ1) is 10.6. The Balaban J connectivity index is 1.97. The van der Waals surface area contributed by atoms with Crippen LogP contribution in [0.3, 0.4) is 0 Å². The minimum absolute atomic E-state index is 0.164. The van der Waals surface area contributed by atoms with Gasteiger partial charge in [0.05, 0.1) is 18.4 Å². The molecule has 0 fully saturated rings. The quantitative estimate of drug-likeness (QED) is 0.645. The molecule has 2 aromatic rings. The van der Waals surface area contributed by atoms with Crippen molar-refractivity contribution in [2.45, 2.75) is 0 Å². The summed E-state index contributed by atoms with van der Waals surface area (Å²) >= 11 is 0. The number of para-hydroxylation sites is 1. The molecule has 0 aromatic heterocycles. The predicted octanol–water partition coefficient (Wildman–Crippen LogP) is 2.94. The van der Waals surface area contributed by atoms with Crippen molar-refractivity contribution in [1.82, 2.24) is 0 Å². The molecule has 0 radical (unpaired) electrons. The van der Waals surface area contributed by atoms with E-state index in [9.17, 15) is 9.59 Å². The number of ketones is 1. The van der Waals surface area contributed by atoms with E-state index in [-0.39, 0.29) is 11.7 Å². The number of likely N-dealkylation sites (N-methyl/N-ethyl adjacent to an activating group) is 1. The molecule has 0 bridgehead atoms. The molecule has 0 aliphatic carbocycles. The molecule has 1 aliphatic rings. The van der Waals surface area contributed by atoms with Gasteiger partial charge in [0.15, 0.2) is 5.78 Å². The Morgan fingerprint density at radius 1 is 1.09 bits per heavy atom. The van der Waals surface area contributed by atoms with Crippen LogP contribution in [0.25, 0.3) is 5.57 Å². The van der Waals surface area contributed by atoms with Crippen molar-refractivity contribution in [1.29, 1.82) is 0 Å². The van der Waals surface area contributed by atoms with Gasteiger partial charge in [-0.05, 0) is 36.4 Å². The Hall–Kier alpha value is -2.88. The number of anilines is 1. The van der Waals surface area contributed by atoms with Crippen LogP contribution >= 0.6 is 0 Å². The number of carbonyl (C=O) groups is 2. The average molecular weight is 293 g/mol. The average Bonchev–Trinajstić information content (AvgIpc) is 2.80. The molecule has 0 spiro atoms. The number of rotatable bonds is 3. The first kappa shape index (κ1) is 14.1. The molecule has 2 aromatic carbocycles. The second-order valence-electron chi connectivity index (χ2n) is 5.03. The lowest BCUT2D eigenvalue weighted by molar-refractivity contribution is -0.112. The van der Waals surface area contributed by atoms with Gasteiger partial charge in [0.2, 0.25) is 0 Å². The monoisotopic (exact) mass is 293 g/mol. The maximum Gasteiger partial charge on any atom is 0.258 e. The van der Waals surface area contributed by atoms with Crippen LogP contribution in [-0.2, 0) is 4.79 Å². The van der Waals surface area contributed by atoms with Crippen molar-refractivity contribution >= 4 is 23.0 Å². The van der Waals surface area contributed by atoms with Gasteiger partial charge >= 0.3 is 0 Å². The summed E-state index contributed by atoms with van der Waals surface area (Å²) in [4.78, 5) is 26.2. The number of allylic oxidation sites excluding steroid dienone is 1. The highest BCUT2D eigenvalue weighted by Crippen LogP contribution is 2.35. The number of ether oxygens (including phenoxy) is 1. The van der Waals surface area contributed by atoms with Crippen molar-refractivity contribution in [3.8, 4) is 5.75 Å². The number of amides is 1. The molecule has 3 rings (SSSR count). The fraction of sp³-hybridized carbons (Fsp3) is 0.111. The van der Waals surface area contributed by atoms with E-state index < -0.39 is 0 Å². The number of fused-ring (bicyclic) bond motifs is 1. The Bertz CT molecular complexity index is 775. The number of nitrogens with zero attached hydrogens (tertiary/aromatic N) is 1. The van der Waals surface area contributed by atoms with Gasteiger partial charge in [-0.2, -0.15) is 0 Å². The lowest BCUT2D eigenvalue weighted by Crippen LogP contribution is -2.20.